The van der Waals surface area contributed by atoms with E-state index in [1.54, 1.807) is 0 Å². The molecule has 0 N–H and O–H groups in total. The number of fused-ring (bicyclic) bond motifs is 1. The lowest BCUT2D eigenvalue weighted by atomic mass is 10.0. The summed E-state index contributed by atoms with van der Waals surface area (Å²) in [5.74, 6) is 2.74. The number of benzene rings is 1. The minimum atomic E-state index is 0.604. The maximum Gasteiger partial charge on any atom is 0.132 e. The zero-order chi connectivity index (χ0) is 11.3. The molecule has 0 unspecified atom stereocenters. The number of thioether (sulfide) groups is 1. The predicted octanol–water partition coefficient (Wildman–Crippen LogP) is 4.32. The fourth-order valence-corrected chi connectivity index (χ4v) is 2.29. The van der Waals surface area contributed by atoms with Crippen molar-refractivity contribution in [1.82, 2.24) is 0 Å². The fraction of sp³-hybridized carbons (Fsp3) is 0.538. The van der Waals surface area contributed by atoms with Crippen LogP contribution < -0.4 is 4.74 Å². The zero-order valence-electron chi connectivity index (χ0n) is 10.0. The summed E-state index contributed by atoms with van der Waals surface area (Å²) in [5, 5.41) is 0. The van der Waals surface area contributed by atoms with Crippen LogP contribution in [0.15, 0.2) is 23.1 Å². The standard InChI is InChI=1S/C11H14OS.C2H6/c1-8(2)9-3-4-10-11(7-9)13-6-5-12-10;1-2/h3-4,7-8H,5-6H2,1-2H3;1-2H3. The second kappa shape index (κ2) is 6.06. The highest BCUT2D eigenvalue weighted by molar-refractivity contribution is 7.99. The van der Waals surface area contributed by atoms with Crippen molar-refractivity contribution in [3.63, 3.8) is 0 Å². The van der Waals surface area contributed by atoms with Gasteiger partial charge in [-0.05, 0) is 23.6 Å². The Kier molecular flexibility index (Phi) is 5.03. The molecule has 1 heterocycles. The molecule has 1 aromatic rings. The molecule has 1 aliphatic rings. The third-order valence-electron chi connectivity index (χ3n) is 2.23. The average molecular weight is 224 g/mol. The van der Waals surface area contributed by atoms with Crippen LogP contribution in [-0.4, -0.2) is 12.4 Å². The molecule has 1 aromatic carbocycles. The SMILES string of the molecule is CC.CC(C)c1ccc2c(c1)SCCO2. The van der Waals surface area contributed by atoms with Crippen LogP contribution in [0.2, 0.25) is 0 Å². The Morgan fingerprint density at radius 1 is 1.27 bits per heavy atom. The van der Waals surface area contributed by atoms with Gasteiger partial charge in [0, 0.05) is 10.6 Å². The molecule has 84 valence electrons. The monoisotopic (exact) mass is 224 g/mol. The summed E-state index contributed by atoms with van der Waals surface area (Å²) in [6, 6.07) is 6.51. The molecule has 2 rings (SSSR count). The summed E-state index contributed by atoms with van der Waals surface area (Å²) in [7, 11) is 0. The van der Waals surface area contributed by atoms with E-state index in [2.05, 4.69) is 32.0 Å². The van der Waals surface area contributed by atoms with Gasteiger partial charge in [-0.2, -0.15) is 0 Å². The van der Waals surface area contributed by atoms with Crippen LogP contribution in [0.25, 0.3) is 0 Å². The molecule has 0 amide bonds. The molecular formula is C13H20OS. The molecule has 0 bridgehead atoms. The maximum atomic E-state index is 5.54. The molecule has 0 aromatic heterocycles. The van der Waals surface area contributed by atoms with Gasteiger partial charge in [-0.25, -0.2) is 0 Å². The van der Waals surface area contributed by atoms with E-state index in [4.69, 9.17) is 4.74 Å². The lowest BCUT2D eigenvalue weighted by molar-refractivity contribution is 0.330. The van der Waals surface area contributed by atoms with Crippen LogP contribution >= 0.6 is 11.8 Å². The van der Waals surface area contributed by atoms with E-state index in [9.17, 15) is 0 Å². The highest BCUT2D eigenvalue weighted by Crippen LogP contribution is 2.35. The predicted molar refractivity (Wildman–Crippen MR) is 68.1 cm³/mol. The van der Waals surface area contributed by atoms with E-state index in [0.717, 1.165) is 18.1 Å². The van der Waals surface area contributed by atoms with Crippen molar-refractivity contribution in [2.75, 3.05) is 12.4 Å². The van der Waals surface area contributed by atoms with E-state index in [1.165, 1.54) is 10.5 Å². The molecule has 0 spiro atoms. The first-order chi connectivity index (χ1) is 7.27. The minimum Gasteiger partial charge on any atom is -0.492 e. The highest BCUT2D eigenvalue weighted by Gasteiger charge is 2.11. The maximum absolute atomic E-state index is 5.54. The fourth-order valence-electron chi connectivity index (χ4n) is 1.42. The van der Waals surface area contributed by atoms with Crippen LogP contribution in [-0.2, 0) is 0 Å². The van der Waals surface area contributed by atoms with Crippen molar-refractivity contribution in [2.24, 2.45) is 0 Å². The van der Waals surface area contributed by atoms with E-state index in [-0.39, 0.29) is 0 Å². The van der Waals surface area contributed by atoms with Gasteiger partial charge in [-0.1, -0.05) is 33.8 Å². The molecule has 0 fully saturated rings. The van der Waals surface area contributed by atoms with Gasteiger partial charge in [0.05, 0.1) is 6.61 Å². The first kappa shape index (κ1) is 12.4. The second-order valence-electron chi connectivity index (χ2n) is 3.56. The first-order valence-electron chi connectivity index (χ1n) is 5.67. The minimum absolute atomic E-state index is 0.604. The summed E-state index contributed by atoms with van der Waals surface area (Å²) >= 11 is 1.90. The molecule has 1 aliphatic heterocycles. The smallest absolute Gasteiger partial charge is 0.132 e. The summed E-state index contributed by atoms with van der Waals surface area (Å²) < 4.78 is 5.54. The zero-order valence-corrected chi connectivity index (χ0v) is 10.9. The quantitative estimate of drug-likeness (QED) is 0.702. The highest BCUT2D eigenvalue weighted by atomic mass is 32.2. The van der Waals surface area contributed by atoms with Gasteiger partial charge >= 0.3 is 0 Å². The second-order valence-corrected chi connectivity index (χ2v) is 4.69. The molecule has 15 heavy (non-hydrogen) atoms. The number of hydrogen-bond acceptors (Lipinski definition) is 2. The molecule has 0 atom stereocenters. The van der Waals surface area contributed by atoms with Crippen LogP contribution in [0.5, 0.6) is 5.75 Å². The van der Waals surface area contributed by atoms with Crippen molar-refractivity contribution >= 4 is 11.8 Å². The summed E-state index contributed by atoms with van der Waals surface area (Å²) in [5.41, 5.74) is 1.40. The van der Waals surface area contributed by atoms with Gasteiger partial charge in [0.2, 0.25) is 0 Å². The number of hydrogen-bond donors (Lipinski definition) is 0. The van der Waals surface area contributed by atoms with Crippen molar-refractivity contribution in [1.29, 1.82) is 0 Å². The Labute approximate surface area is 97.2 Å². The third kappa shape index (κ3) is 3.16. The van der Waals surface area contributed by atoms with Crippen LogP contribution in [0.3, 0.4) is 0 Å². The van der Waals surface area contributed by atoms with Crippen molar-refractivity contribution in [3.05, 3.63) is 23.8 Å². The van der Waals surface area contributed by atoms with Crippen molar-refractivity contribution < 1.29 is 4.74 Å². The third-order valence-corrected chi connectivity index (χ3v) is 3.23. The van der Waals surface area contributed by atoms with Gasteiger partial charge in [0.25, 0.3) is 0 Å². The molecule has 0 saturated heterocycles. The topological polar surface area (TPSA) is 9.23 Å². The molecule has 0 radical (unpaired) electrons. The Hall–Kier alpha value is -0.630. The van der Waals surface area contributed by atoms with E-state index >= 15 is 0 Å². The van der Waals surface area contributed by atoms with Gasteiger partial charge in [-0.3, -0.25) is 0 Å². The molecule has 1 nitrogen and oxygen atoms in total. The molecule has 0 aliphatic carbocycles. The summed E-state index contributed by atoms with van der Waals surface area (Å²) in [6.45, 7) is 9.28. The lowest BCUT2D eigenvalue weighted by Gasteiger charge is -2.18. The van der Waals surface area contributed by atoms with Crippen LogP contribution in [0, 0.1) is 0 Å². The molecule has 2 heteroatoms. The van der Waals surface area contributed by atoms with Crippen molar-refractivity contribution in [2.45, 2.75) is 38.5 Å². The van der Waals surface area contributed by atoms with Crippen LogP contribution in [0.4, 0.5) is 0 Å². The Bertz CT molecular complexity index is 307. The van der Waals surface area contributed by atoms with Gasteiger partial charge < -0.3 is 4.74 Å². The summed E-state index contributed by atoms with van der Waals surface area (Å²) in [6.07, 6.45) is 0. The van der Waals surface area contributed by atoms with E-state index in [1.807, 2.05) is 25.6 Å². The largest absolute Gasteiger partial charge is 0.492 e. The number of rotatable bonds is 1. The average Bonchev–Trinajstić information content (AvgIpc) is 2.31. The Balaban J connectivity index is 0.000000531. The van der Waals surface area contributed by atoms with Crippen molar-refractivity contribution in [3.8, 4) is 5.75 Å². The lowest BCUT2D eigenvalue weighted by Crippen LogP contribution is -2.06. The molecular weight excluding hydrogens is 204 g/mol. The molecule has 0 saturated carbocycles. The van der Waals surface area contributed by atoms with E-state index < -0.39 is 0 Å². The van der Waals surface area contributed by atoms with Gasteiger partial charge in [0.15, 0.2) is 0 Å². The number of ether oxygens (including phenoxy) is 1. The first-order valence-corrected chi connectivity index (χ1v) is 6.65. The van der Waals surface area contributed by atoms with E-state index in [0.29, 0.717) is 5.92 Å². The van der Waals surface area contributed by atoms with Crippen LogP contribution in [0.1, 0.15) is 39.2 Å². The normalized spacial score (nSPS) is 13.7. The van der Waals surface area contributed by atoms with Gasteiger partial charge in [0.1, 0.15) is 5.75 Å². The summed E-state index contributed by atoms with van der Waals surface area (Å²) in [4.78, 5) is 1.30. The van der Waals surface area contributed by atoms with Gasteiger partial charge in [-0.15, -0.1) is 11.8 Å². The Morgan fingerprint density at radius 3 is 2.67 bits per heavy atom. The Morgan fingerprint density at radius 2 is 2.00 bits per heavy atom.